The summed E-state index contributed by atoms with van der Waals surface area (Å²) in [7, 11) is 0. The number of hydrogen-bond acceptors (Lipinski definition) is 2. The summed E-state index contributed by atoms with van der Waals surface area (Å²) in [6.45, 7) is 9.32. The van der Waals surface area contributed by atoms with Gasteiger partial charge >= 0.3 is 6.18 Å². The Morgan fingerprint density at radius 2 is 1.72 bits per heavy atom. The summed E-state index contributed by atoms with van der Waals surface area (Å²) in [4.78, 5) is 2.16. The Morgan fingerprint density at radius 1 is 1.17 bits per heavy atom. The quantitative estimate of drug-likeness (QED) is 0.823. The molecule has 0 saturated carbocycles. The van der Waals surface area contributed by atoms with Crippen LogP contribution in [0.15, 0.2) is 0 Å². The molecule has 0 aromatic rings. The maximum Gasteiger partial charge on any atom is 0.391 e. The van der Waals surface area contributed by atoms with Crippen molar-refractivity contribution in [2.75, 3.05) is 26.2 Å². The summed E-state index contributed by atoms with van der Waals surface area (Å²) in [5, 5.41) is 3.36. The summed E-state index contributed by atoms with van der Waals surface area (Å²) < 4.78 is 37.5. The van der Waals surface area contributed by atoms with E-state index in [1.165, 1.54) is 0 Å². The summed E-state index contributed by atoms with van der Waals surface area (Å²) in [6.07, 6.45) is -3.49. The molecule has 1 unspecified atom stereocenters. The molecular weight excluding hydrogens is 241 g/mol. The molecule has 1 fully saturated rings. The maximum absolute atomic E-state index is 12.5. The van der Waals surface area contributed by atoms with Gasteiger partial charge in [0.1, 0.15) is 0 Å². The number of nitrogens with zero attached hydrogens (tertiary/aromatic N) is 1. The van der Waals surface area contributed by atoms with Gasteiger partial charge in [-0.15, -0.1) is 0 Å². The highest BCUT2D eigenvalue weighted by Gasteiger charge is 2.40. The lowest BCUT2D eigenvalue weighted by Crippen LogP contribution is -2.42. The van der Waals surface area contributed by atoms with Crippen LogP contribution in [0.1, 0.15) is 33.6 Å². The number of rotatable bonds is 5. The van der Waals surface area contributed by atoms with Crippen LogP contribution in [-0.4, -0.2) is 43.3 Å². The third kappa shape index (κ3) is 5.57. The van der Waals surface area contributed by atoms with Crippen LogP contribution < -0.4 is 5.32 Å². The number of likely N-dealkylation sites (tertiary alicyclic amines) is 1. The fourth-order valence-corrected chi connectivity index (χ4v) is 2.39. The number of halogens is 3. The highest BCUT2D eigenvalue weighted by molar-refractivity contribution is 4.78. The molecule has 5 heteroatoms. The van der Waals surface area contributed by atoms with Crippen LogP contribution in [0.5, 0.6) is 0 Å². The lowest BCUT2D eigenvalue weighted by atomic mass is 9.95. The largest absolute Gasteiger partial charge is 0.391 e. The zero-order valence-electron chi connectivity index (χ0n) is 11.6. The predicted octanol–water partition coefficient (Wildman–Crippen LogP) is 2.89. The number of alkyl halides is 3. The lowest BCUT2D eigenvalue weighted by Gasteiger charge is -2.34. The van der Waals surface area contributed by atoms with E-state index < -0.39 is 12.1 Å². The first-order valence-electron chi connectivity index (χ1n) is 6.81. The summed E-state index contributed by atoms with van der Waals surface area (Å²) in [6, 6.07) is 0.461. The van der Waals surface area contributed by atoms with Crippen LogP contribution in [0.25, 0.3) is 0 Å². The van der Waals surface area contributed by atoms with E-state index in [1.807, 2.05) is 0 Å². The standard InChI is InChI=1S/C13H25F3N2/c1-10(2)17-8-11(3)9-18-6-4-12(5-7-18)13(14,15)16/h10-12,17H,4-9H2,1-3H3. The van der Waals surface area contributed by atoms with Gasteiger partial charge in [-0.2, -0.15) is 13.2 Å². The van der Waals surface area contributed by atoms with Crippen LogP contribution in [0, 0.1) is 11.8 Å². The first kappa shape index (κ1) is 15.8. The van der Waals surface area contributed by atoms with Crippen LogP contribution in [-0.2, 0) is 0 Å². The number of hydrogen-bond donors (Lipinski definition) is 1. The van der Waals surface area contributed by atoms with Gasteiger partial charge in [-0.1, -0.05) is 20.8 Å². The van der Waals surface area contributed by atoms with Crippen LogP contribution in [0.3, 0.4) is 0 Å². The Bertz CT molecular complexity index is 233. The van der Waals surface area contributed by atoms with Crippen LogP contribution >= 0.6 is 0 Å². The van der Waals surface area contributed by atoms with Crippen molar-refractivity contribution >= 4 is 0 Å². The smallest absolute Gasteiger partial charge is 0.314 e. The summed E-state index contributed by atoms with van der Waals surface area (Å²) in [5.41, 5.74) is 0. The van der Waals surface area contributed by atoms with Crippen molar-refractivity contribution in [2.45, 2.75) is 45.8 Å². The van der Waals surface area contributed by atoms with E-state index in [9.17, 15) is 13.2 Å². The van der Waals surface area contributed by atoms with Gasteiger partial charge in [-0.25, -0.2) is 0 Å². The molecule has 0 aromatic heterocycles. The second-order valence-electron chi connectivity index (χ2n) is 5.78. The number of piperidine rings is 1. The fraction of sp³-hybridized carbons (Fsp3) is 1.00. The second kappa shape index (κ2) is 6.75. The van der Waals surface area contributed by atoms with Gasteiger partial charge in [0.05, 0.1) is 5.92 Å². The van der Waals surface area contributed by atoms with E-state index in [0.717, 1.165) is 13.1 Å². The van der Waals surface area contributed by atoms with Crippen molar-refractivity contribution in [3.8, 4) is 0 Å². The van der Waals surface area contributed by atoms with Crippen molar-refractivity contribution in [1.29, 1.82) is 0 Å². The average Bonchev–Trinajstić information content (AvgIpc) is 2.26. The molecule has 1 atom stereocenters. The van der Waals surface area contributed by atoms with Gasteiger partial charge in [-0.05, 0) is 38.4 Å². The second-order valence-corrected chi connectivity index (χ2v) is 5.78. The zero-order valence-corrected chi connectivity index (χ0v) is 11.6. The van der Waals surface area contributed by atoms with Crippen molar-refractivity contribution in [3.63, 3.8) is 0 Å². The Hall–Kier alpha value is -0.290. The topological polar surface area (TPSA) is 15.3 Å². The molecule has 0 aliphatic carbocycles. The van der Waals surface area contributed by atoms with Gasteiger partial charge in [-0.3, -0.25) is 0 Å². The molecule has 1 saturated heterocycles. The molecule has 1 aliphatic heterocycles. The van der Waals surface area contributed by atoms with Gasteiger partial charge < -0.3 is 10.2 Å². The van der Waals surface area contributed by atoms with E-state index in [4.69, 9.17) is 0 Å². The molecule has 2 nitrogen and oxygen atoms in total. The van der Waals surface area contributed by atoms with Crippen molar-refractivity contribution in [1.82, 2.24) is 10.2 Å². The highest BCUT2D eigenvalue weighted by Crippen LogP contribution is 2.34. The minimum Gasteiger partial charge on any atom is -0.314 e. The third-order valence-corrected chi connectivity index (χ3v) is 3.49. The molecule has 108 valence electrons. The number of nitrogens with one attached hydrogen (secondary N) is 1. The first-order chi connectivity index (χ1) is 8.29. The molecule has 1 rings (SSSR count). The molecular formula is C13H25F3N2. The molecule has 1 heterocycles. The van der Waals surface area contributed by atoms with Gasteiger partial charge in [0.25, 0.3) is 0 Å². The van der Waals surface area contributed by atoms with Crippen molar-refractivity contribution < 1.29 is 13.2 Å². The van der Waals surface area contributed by atoms with Crippen LogP contribution in [0.4, 0.5) is 13.2 Å². The van der Waals surface area contributed by atoms with Crippen molar-refractivity contribution in [2.24, 2.45) is 11.8 Å². The van der Waals surface area contributed by atoms with Gasteiger partial charge in [0.15, 0.2) is 0 Å². The molecule has 1 aliphatic rings. The molecule has 0 bridgehead atoms. The Morgan fingerprint density at radius 3 is 2.17 bits per heavy atom. The Kier molecular flexibility index (Phi) is 5.92. The minimum absolute atomic E-state index is 0.258. The maximum atomic E-state index is 12.5. The van der Waals surface area contributed by atoms with E-state index in [-0.39, 0.29) is 12.8 Å². The van der Waals surface area contributed by atoms with E-state index >= 15 is 0 Å². The van der Waals surface area contributed by atoms with Crippen LogP contribution in [0.2, 0.25) is 0 Å². The molecule has 18 heavy (non-hydrogen) atoms. The fourth-order valence-electron chi connectivity index (χ4n) is 2.39. The first-order valence-corrected chi connectivity index (χ1v) is 6.81. The molecule has 0 spiro atoms. The zero-order chi connectivity index (χ0) is 13.8. The SMILES string of the molecule is CC(CNC(C)C)CN1CCC(C(F)(F)F)CC1. The predicted molar refractivity (Wildman–Crippen MR) is 67.5 cm³/mol. The Labute approximate surface area is 108 Å². The van der Waals surface area contributed by atoms with Gasteiger partial charge in [0, 0.05) is 12.6 Å². The molecule has 1 N–H and O–H groups in total. The normalized spacial score (nSPS) is 21.5. The summed E-state index contributed by atoms with van der Waals surface area (Å²) in [5.74, 6) is -0.604. The molecule has 0 aromatic carbocycles. The average molecular weight is 266 g/mol. The monoisotopic (exact) mass is 266 g/mol. The third-order valence-electron chi connectivity index (χ3n) is 3.49. The lowest BCUT2D eigenvalue weighted by molar-refractivity contribution is -0.185. The minimum atomic E-state index is -4.00. The summed E-state index contributed by atoms with van der Waals surface area (Å²) >= 11 is 0. The van der Waals surface area contributed by atoms with Crippen molar-refractivity contribution in [3.05, 3.63) is 0 Å². The molecule has 0 radical (unpaired) electrons. The highest BCUT2D eigenvalue weighted by atomic mass is 19.4. The van der Waals surface area contributed by atoms with E-state index in [0.29, 0.717) is 25.0 Å². The Balaban J connectivity index is 2.23. The van der Waals surface area contributed by atoms with E-state index in [1.54, 1.807) is 0 Å². The molecule has 0 amide bonds. The van der Waals surface area contributed by atoms with E-state index in [2.05, 4.69) is 31.0 Å². The van der Waals surface area contributed by atoms with Gasteiger partial charge in [0.2, 0.25) is 0 Å².